The number of imide groups is 2. The second kappa shape index (κ2) is 9.51. The van der Waals surface area contributed by atoms with Gasteiger partial charge in [-0.2, -0.15) is 0 Å². The fraction of sp³-hybridized carbons (Fsp3) is 0.125. The summed E-state index contributed by atoms with van der Waals surface area (Å²) in [7, 11) is 1.41. The smallest absolute Gasteiger partial charge is 0.335 e. The molecule has 2 heterocycles. The van der Waals surface area contributed by atoms with Gasteiger partial charge in [-0.25, -0.2) is 9.69 Å². The summed E-state index contributed by atoms with van der Waals surface area (Å²) in [5.74, 6) is -0.481. The van der Waals surface area contributed by atoms with Gasteiger partial charge in [0.1, 0.15) is 28.6 Å². The first kappa shape index (κ1) is 23.2. The number of hydrogen-bond acceptors (Lipinski definition) is 8. The number of non-ortho nitro benzene ring substituents is 1. The van der Waals surface area contributed by atoms with Gasteiger partial charge in [-0.3, -0.25) is 25.0 Å². The first-order valence-corrected chi connectivity index (χ1v) is 10.4. The number of methoxy groups -OCH3 is 1. The quantitative estimate of drug-likeness (QED) is 0.234. The topological polar surface area (TPSA) is 141 Å². The fourth-order valence-corrected chi connectivity index (χ4v) is 3.47. The first-order valence-electron chi connectivity index (χ1n) is 10.4. The number of nitro benzene ring substituents is 1. The van der Waals surface area contributed by atoms with Crippen molar-refractivity contribution in [1.29, 1.82) is 0 Å². The van der Waals surface area contributed by atoms with Crippen molar-refractivity contribution < 1.29 is 33.2 Å². The predicted octanol–water partition coefficient (Wildman–Crippen LogP) is 3.93. The summed E-state index contributed by atoms with van der Waals surface area (Å²) in [6.45, 7) is 2.28. The Balaban J connectivity index is 1.66. The summed E-state index contributed by atoms with van der Waals surface area (Å²) in [4.78, 5) is 49.3. The molecule has 0 aliphatic carbocycles. The van der Waals surface area contributed by atoms with Crippen molar-refractivity contribution in [3.8, 4) is 22.8 Å². The van der Waals surface area contributed by atoms with Crippen molar-refractivity contribution in [3.63, 3.8) is 0 Å². The van der Waals surface area contributed by atoms with Crippen LogP contribution in [0.15, 0.2) is 64.6 Å². The minimum Gasteiger partial charge on any atom is -0.496 e. The van der Waals surface area contributed by atoms with Gasteiger partial charge in [0.05, 0.1) is 29.9 Å². The minimum absolute atomic E-state index is 0.119. The lowest BCUT2D eigenvalue weighted by Gasteiger charge is -2.26. The highest BCUT2D eigenvalue weighted by Crippen LogP contribution is 2.35. The number of carbonyl (C=O) groups excluding carboxylic acids is 3. The molecule has 11 nitrogen and oxygen atoms in total. The number of ether oxygens (including phenoxy) is 2. The number of carbonyl (C=O) groups is 3. The molecule has 0 radical (unpaired) electrons. The predicted molar refractivity (Wildman–Crippen MR) is 124 cm³/mol. The average molecular weight is 477 g/mol. The fourth-order valence-electron chi connectivity index (χ4n) is 3.47. The van der Waals surface area contributed by atoms with E-state index >= 15 is 0 Å². The van der Waals surface area contributed by atoms with Gasteiger partial charge >= 0.3 is 6.03 Å². The van der Waals surface area contributed by atoms with E-state index in [1.807, 2.05) is 6.92 Å². The summed E-state index contributed by atoms with van der Waals surface area (Å²) in [6.07, 6.45) is 1.19. The number of nitrogens with zero attached hydrogens (tertiary/aromatic N) is 2. The van der Waals surface area contributed by atoms with Crippen molar-refractivity contribution in [2.75, 3.05) is 18.6 Å². The van der Waals surface area contributed by atoms with Crippen LogP contribution in [0.4, 0.5) is 16.2 Å². The molecule has 0 atom stereocenters. The Morgan fingerprint density at radius 1 is 1.09 bits per heavy atom. The van der Waals surface area contributed by atoms with E-state index in [4.69, 9.17) is 13.9 Å². The molecular formula is C24H19N3O8. The number of anilines is 1. The molecule has 2 aromatic carbocycles. The van der Waals surface area contributed by atoms with Gasteiger partial charge < -0.3 is 13.9 Å². The third-order valence-electron chi connectivity index (χ3n) is 5.08. The molecule has 35 heavy (non-hydrogen) atoms. The normalized spacial score (nSPS) is 14.7. The second-order valence-corrected chi connectivity index (χ2v) is 7.23. The average Bonchev–Trinajstić information content (AvgIpc) is 3.31. The maximum Gasteiger partial charge on any atom is 0.335 e. The van der Waals surface area contributed by atoms with Gasteiger partial charge in [0.2, 0.25) is 0 Å². The highest BCUT2D eigenvalue weighted by atomic mass is 16.6. The van der Waals surface area contributed by atoms with E-state index in [0.29, 0.717) is 23.7 Å². The Kier molecular flexibility index (Phi) is 6.32. The molecule has 0 spiro atoms. The number of hydrogen-bond donors (Lipinski definition) is 1. The summed E-state index contributed by atoms with van der Waals surface area (Å²) in [6, 6.07) is 12.4. The van der Waals surface area contributed by atoms with Crippen LogP contribution >= 0.6 is 0 Å². The molecule has 1 aliphatic heterocycles. The van der Waals surface area contributed by atoms with E-state index in [1.165, 1.54) is 55.7 Å². The van der Waals surface area contributed by atoms with Crippen LogP contribution < -0.4 is 19.7 Å². The van der Waals surface area contributed by atoms with E-state index in [-0.39, 0.29) is 28.5 Å². The summed E-state index contributed by atoms with van der Waals surface area (Å²) in [5, 5.41) is 13.3. The Morgan fingerprint density at radius 2 is 1.83 bits per heavy atom. The van der Waals surface area contributed by atoms with Crippen LogP contribution in [0.2, 0.25) is 0 Å². The van der Waals surface area contributed by atoms with Crippen molar-refractivity contribution >= 4 is 35.3 Å². The van der Waals surface area contributed by atoms with Gasteiger partial charge in [-0.15, -0.1) is 0 Å². The molecule has 4 amide bonds. The molecule has 0 unspecified atom stereocenters. The van der Waals surface area contributed by atoms with E-state index < -0.39 is 22.8 Å². The zero-order valence-electron chi connectivity index (χ0n) is 18.6. The van der Waals surface area contributed by atoms with Crippen molar-refractivity contribution in [1.82, 2.24) is 5.32 Å². The molecule has 1 fully saturated rings. The molecular weight excluding hydrogens is 458 g/mol. The number of urea groups is 1. The third kappa shape index (κ3) is 4.60. The molecule has 11 heteroatoms. The third-order valence-corrected chi connectivity index (χ3v) is 5.08. The van der Waals surface area contributed by atoms with E-state index in [2.05, 4.69) is 5.32 Å². The Morgan fingerprint density at radius 3 is 2.49 bits per heavy atom. The molecule has 178 valence electrons. The number of rotatable bonds is 7. The summed E-state index contributed by atoms with van der Waals surface area (Å²) < 4.78 is 16.3. The molecule has 3 aromatic rings. The Labute approximate surface area is 198 Å². The molecule has 1 N–H and O–H groups in total. The molecule has 4 rings (SSSR count). The highest BCUT2D eigenvalue weighted by Gasteiger charge is 2.37. The number of amides is 4. The lowest BCUT2D eigenvalue weighted by molar-refractivity contribution is -0.384. The number of furan rings is 1. The summed E-state index contributed by atoms with van der Waals surface area (Å²) in [5.41, 5.74) is 0.0709. The first-order chi connectivity index (χ1) is 16.8. The highest BCUT2D eigenvalue weighted by molar-refractivity contribution is 6.39. The maximum absolute atomic E-state index is 13.1. The van der Waals surface area contributed by atoms with Crippen LogP contribution in [0.1, 0.15) is 12.7 Å². The van der Waals surface area contributed by atoms with Crippen molar-refractivity contribution in [2.24, 2.45) is 0 Å². The monoisotopic (exact) mass is 477 g/mol. The maximum atomic E-state index is 13.1. The number of benzene rings is 2. The van der Waals surface area contributed by atoms with E-state index in [0.717, 1.165) is 4.90 Å². The van der Waals surface area contributed by atoms with Crippen molar-refractivity contribution in [3.05, 3.63) is 76.0 Å². The van der Waals surface area contributed by atoms with Gasteiger partial charge in [-0.05, 0) is 55.5 Å². The SMILES string of the molecule is CCOc1ccc(N2C(=O)NC(=O)/C(=C/c3ccc(-c4cc([N+](=O)[O-])ccc4OC)o3)C2=O)cc1. The summed E-state index contributed by atoms with van der Waals surface area (Å²) >= 11 is 0. The van der Waals surface area contributed by atoms with Gasteiger partial charge in [-0.1, -0.05) is 0 Å². The van der Waals surface area contributed by atoms with Gasteiger partial charge in [0, 0.05) is 12.1 Å². The second-order valence-electron chi connectivity index (χ2n) is 7.23. The molecule has 1 aliphatic rings. The largest absolute Gasteiger partial charge is 0.496 e. The molecule has 1 saturated heterocycles. The van der Waals surface area contributed by atoms with Crippen molar-refractivity contribution in [2.45, 2.75) is 6.92 Å². The van der Waals surface area contributed by atoms with Crippen LogP contribution in [0.3, 0.4) is 0 Å². The number of nitro groups is 1. The van der Waals surface area contributed by atoms with E-state index in [1.54, 1.807) is 12.1 Å². The molecule has 0 bridgehead atoms. The van der Waals surface area contributed by atoms with Crippen LogP contribution in [0.25, 0.3) is 17.4 Å². The number of nitrogens with one attached hydrogen (secondary N) is 1. The zero-order chi connectivity index (χ0) is 25.1. The molecule has 1 aromatic heterocycles. The lowest BCUT2D eigenvalue weighted by atomic mass is 10.1. The van der Waals surface area contributed by atoms with Gasteiger partial charge in [0.25, 0.3) is 17.5 Å². The molecule has 0 saturated carbocycles. The minimum atomic E-state index is -0.886. The number of barbiturate groups is 1. The Bertz CT molecular complexity index is 1360. The van der Waals surface area contributed by atoms with Crippen LogP contribution in [-0.2, 0) is 9.59 Å². The van der Waals surface area contributed by atoms with Crippen LogP contribution in [-0.4, -0.2) is 36.5 Å². The standard InChI is InChI=1S/C24H19N3O8/c1-3-34-16-7-4-14(5-8-16)26-23(29)19(22(28)25-24(26)30)13-17-9-11-21(35-17)18-12-15(27(31)32)6-10-20(18)33-2/h4-13H,3H2,1-2H3,(H,25,28,30)/b19-13-. The van der Waals surface area contributed by atoms with Crippen LogP contribution in [0.5, 0.6) is 11.5 Å². The Hall–Kier alpha value is -4.93. The van der Waals surface area contributed by atoms with Gasteiger partial charge in [0.15, 0.2) is 0 Å². The van der Waals surface area contributed by atoms with Crippen LogP contribution in [0, 0.1) is 10.1 Å². The lowest BCUT2D eigenvalue weighted by Crippen LogP contribution is -2.54. The zero-order valence-corrected chi connectivity index (χ0v) is 18.6. The van der Waals surface area contributed by atoms with E-state index in [9.17, 15) is 24.5 Å².